The first-order chi connectivity index (χ1) is 9.95. The van der Waals surface area contributed by atoms with Gasteiger partial charge in [0.15, 0.2) is 5.75 Å². The maximum absolute atomic E-state index is 12.4. The molecule has 1 amide bonds. The molecule has 0 spiro atoms. The molecule has 1 aromatic heterocycles. The summed E-state index contributed by atoms with van der Waals surface area (Å²) in [6, 6.07) is 4.99. The van der Waals surface area contributed by atoms with E-state index in [1.54, 1.807) is 6.07 Å². The fraction of sp³-hybridized carbons (Fsp3) is 0.214. The van der Waals surface area contributed by atoms with Crippen molar-refractivity contribution >= 4 is 50.7 Å². The summed E-state index contributed by atoms with van der Waals surface area (Å²) in [6.45, 7) is 0. The van der Waals surface area contributed by atoms with Gasteiger partial charge in [-0.3, -0.25) is 4.79 Å². The molecule has 0 saturated heterocycles. The smallest absolute Gasteiger partial charge is 0.272 e. The highest BCUT2D eigenvalue weighted by molar-refractivity contribution is 9.10. The van der Waals surface area contributed by atoms with Crippen LogP contribution in [0.15, 0.2) is 28.9 Å². The number of phenolic OH excluding ortho intramolecular Hbond substituents is 1. The van der Waals surface area contributed by atoms with Crippen molar-refractivity contribution in [2.24, 2.45) is 0 Å². The summed E-state index contributed by atoms with van der Waals surface area (Å²) in [6.07, 6.45) is 4.02. The number of carbonyl (C=O) groups excluding carboxylic acids is 1. The number of aromatic nitrogens is 1. The lowest BCUT2D eigenvalue weighted by Gasteiger charge is -2.11. The second-order valence-electron chi connectivity index (χ2n) is 4.92. The van der Waals surface area contributed by atoms with Crippen LogP contribution in [0, 0.1) is 0 Å². The van der Waals surface area contributed by atoms with Crippen molar-refractivity contribution in [1.29, 1.82) is 0 Å². The van der Waals surface area contributed by atoms with Crippen LogP contribution in [0.3, 0.4) is 0 Å². The summed E-state index contributed by atoms with van der Waals surface area (Å²) in [7, 11) is 0. The van der Waals surface area contributed by atoms with Crippen molar-refractivity contribution in [2.45, 2.75) is 18.9 Å². The number of benzene rings is 1. The standard InChI is InChI=1S/C14H11BrCl2N2O2/c15-7-3-12(19(6-7)9-1-2-9)14(21)18-11-5-8(16)4-10(17)13(11)20/h3-6,9,20H,1-2H2,(H,18,21). The number of nitrogens with one attached hydrogen (secondary N) is 1. The molecule has 1 aromatic carbocycles. The molecule has 0 bridgehead atoms. The van der Waals surface area contributed by atoms with Crippen LogP contribution in [0.5, 0.6) is 5.75 Å². The van der Waals surface area contributed by atoms with Crippen molar-refractivity contribution in [3.05, 3.63) is 44.6 Å². The summed E-state index contributed by atoms with van der Waals surface area (Å²) in [5.41, 5.74) is 0.719. The lowest BCUT2D eigenvalue weighted by Crippen LogP contribution is -2.16. The molecule has 4 nitrogen and oxygen atoms in total. The van der Waals surface area contributed by atoms with E-state index in [4.69, 9.17) is 23.2 Å². The van der Waals surface area contributed by atoms with Gasteiger partial charge in [0.1, 0.15) is 5.69 Å². The van der Waals surface area contributed by atoms with Gasteiger partial charge in [0.05, 0.1) is 10.7 Å². The van der Waals surface area contributed by atoms with Crippen molar-refractivity contribution < 1.29 is 9.90 Å². The molecule has 1 fully saturated rings. The molecule has 110 valence electrons. The summed E-state index contributed by atoms with van der Waals surface area (Å²) in [4.78, 5) is 12.4. The van der Waals surface area contributed by atoms with E-state index in [0.717, 1.165) is 17.3 Å². The summed E-state index contributed by atoms with van der Waals surface area (Å²) in [5.74, 6) is -0.515. The fourth-order valence-electron chi connectivity index (χ4n) is 2.13. The molecule has 7 heteroatoms. The summed E-state index contributed by atoms with van der Waals surface area (Å²) in [5, 5.41) is 13.0. The number of phenols is 1. The Morgan fingerprint density at radius 2 is 2.05 bits per heavy atom. The van der Waals surface area contributed by atoms with Crippen molar-refractivity contribution in [2.75, 3.05) is 5.32 Å². The van der Waals surface area contributed by atoms with Gasteiger partial charge in [-0.25, -0.2) is 0 Å². The van der Waals surface area contributed by atoms with Gasteiger partial charge in [0.2, 0.25) is 0 Å². The minimum atomic E-state index is -0.318. The number of amides is 1. The maximum Gasteiger partial charge on any atom is 0.272 e. The normalized spacial score (nSPS) is 14.2. The molecule has 1 aliphatic carbocycles. The zero-order valence-corrected chi connectivity index (χ0v) is 13.8. The zero-order chi connectivity index (χ0) is 15.1. The first-order valence-electron chi connectivity index (χ1n) is 6.32. The molecular formula is C14H11BrCl2N2O2. The Bertz CT molecular complexity index is 726. The monoisotopic (exact) mass is 388 g/mol. The van der Waals surface area contributed by atoms with Gasteiger partial charge in [0, 0.05) is 21.7 Å². The van der Waals surface area contributed by atoms with Crippen molar-refractivity contribution in [1.82, 2.24) is 4.57 Å². The molecule has 1 saturated carbocycles. The van der Waals surface area contributed by atoms with E-state index in [0.29, 0.717) is 16.8 Å². The van der Waals surface area contributed by atoms with E-state index in [9.17, 15) is 9.90 Å². The zero-order valence-electron chi connectivity index (χ0n) is 10.7. The SMILES string of the molecule is O=C(Nc1cc(Cl)cc(Cl)c1O)c1cc(Br)cn1C1CC1. The molecule has 0 aliphatic heterocycles. The third-order valence-electron chi connectivity index (χ3n) is 3.26. The number of aromatic hydroxyl groups is 1. The molecule has 0 radical (unpaired) electrons. The van der Waals surface area contributed by atoms with E-state index in [2.05, 4.69) is 21.2 Å². The van der Waals surface area contributed by atoms with Gasteiger partial charge in [-0.05, 0) is 47.0 Å². The van der Waals surface area contributed by atoms with E-state index < -0.39 is 0 Å². The molecule has 21 heavy (non-hydrogen) atoms. The number of rotatable bonds is 3. The third kappa shape index (κ3) is 3.05. The van der Waals surface area contributed by atoms with Gasteiger partial charge in [-0.15, -0.1) is 0 Å². The lowest BCUT2D eigenvalue weighted by molar-refractivity contribution is 0.101. The van der Waals surface area contributed by atoms with E-state index in [1.807, 2.05) is 10.8 Å². The number of hydrogen-bond acceptors (Lipinski definition) is 2. The van der Waals surface area contributed by atoms with Crippen LogP contribution in [0.25, 0.3) is 0 Å². The number of carbonyl (C=O) groups is 1. The Hall–Kier alpha value is -1.17. The van der Waals surface area contributed by atoms with Gasteiger partial charge >= 0.3 is 0 Å². The first kappa shape index (κ1) is 14.8. The average molecular weight is 390 g/mol. The lowest BCUT2D eigenvalue weighted by atomic mass is 10.2. The van der Waals surface area contributed by atoms with Crippen LogP contribution >= 0.6 is 39.1 Å². The number of hydrogen-bond donors (Lipinski definition) is 2. The minimum Gasteiger partial charge on any atom is -0.504 e. The van der Waals surface area contributed by atoms with E-state index in [-0.39, 0.29) is 22.4 Å². The fourth-order valence-corrected chi connectivity index (χ4v) is 3.06. The van der Waals surface area contributed by atoms with Crippen molar-refractivity contribution in [3.63, 3.8) is 0 Å². The molecule has 3 rings (SSSR count). The highest BCUT2D eigenvalue weighted by atomic mass is 79.9. The van der Waals surface area contributed by atoms with Gasteiger partial charge in [-0.2, -0.15) is 0 Å². The summed E-state index contributed by atoms with van der Waals surface area (Å²) < 4.78 is 2.77. The first-order valence-corrected chi connectivity index (χ1v) is 7.87. The van der Waals surface area contributed by atoms with E-state index >= 15 is 0 Å². The Morgan fingerprint density at radius 3 is 2.71 bits per heavy atom. The highest BCUT2D eigenvalue weighted by Gasteiger charge is 2.28. The topological polar surface area (TPSA) is 54.3 Å². The van der Waals surface area contributed by atoms with E-state index in [1.165, 1.54) is 12.1 Å². The average Bonchev–Trinajstić information content (AvgIpc) is 3.18. The number of nitrogens with zero attached hydrogens (tertiary/aromatic N) is 1. The Labute approximate surface area is 139 Å². The number of halogens is 3. The minimum absolute atomic E-state index is 0.0940. The van der Waals surface area contributed by atoms with Gasteiger partial charge < -0.3 is 15.0 Å². The predicted molar refractivity (Wildman–Crippen MR) is 86.5 cm³/mol. The van der Waals surface area contributed by atoms with Crippen LogP contribution in [0.4, 0.5) is 5.69 Å². The van der Waals surface area contributed by atoms with Crippen LogP contribution in [-0.4, -0.2) is 15.6 Å². The molecule has 2 aromatic rings. The van der Waals surface area contributed by atoms with Crippen LogP contribution in [0.1, 0.15) is 29.4 Å². The van der Waals surface area contributed by atoms with Crippen LogP contribution < -0.4 is 5.32 Å². The Morgan fingerprint density at radius 1 is 1.33 bits per heavy atom. The van der Waals surface area contributed by atoms with Crippen LogP contribution in [-0.2, 0) is 0 Å². The van der Waals surface area contributed by atoms with Crippen molar-refractivity contribution in [3.8, 4) is 5.75 Å². The molecule has 1 aliphatic rings. The second-order valence-corrected chi connectivity index (χ2v) is 6.68. The highest BCUT2D eigenvalue weighted by Crippen LogP contribution is 2.38. The predicted octanol–water partition coefficient (Wildman–Crippen LogP) is 4.85. The molecule has 0 atom stereocenters. The second kappa shape index (κ2) is 5.55. The van der Waals surface area contributed by atoms with Crippen LogP contribution in [0.2, 0.25) is 10.0 Å². The molecular weight excluding hydrogens is 379 g/mol. The molecule has 0 unspecified atom stereocenters. The number of anilines is 1. The Kier molecular flexibility index (Phi) is 3.90. The molecule has 1 heterocycles. The quantitative estimate of drug-likeness (QED) is 0.737. The summed E-state index contributed by atoms with van der Waals surface area (Å²) >= 11 is 15.1. The van der Waals surface area contributed by atoms with Gasteiger partial charge in [0.25, 0.3) is 5.91 Å². The Balaban J connectivity index is 1.90. The maximum atomic E-state index is 12.4. The van der Waals surface area contributed by atoms with Gasteiger partial charge in [-0.1, -0.05) is 23.2 Å². The molecule has 2 N–H and O–H groups in total. The largest absolute Gasteiger partial charge is 0.504 e. The third-order valence-corrected chi connectivity index (χ3v) is 4.20.